The second-order valence-corrected chi connectivity index (χ2v) is 10.6. The van der Waals surface area contributed by atoms with Crippen LogP contribution in [0, 0.1) is 26.7 Å². The summed E-state index contributed by atoms with van der Waals surface area (Å²) >= 11 is 0. The van der Waals surface area contributed by atoms with E-state index in [2.05, 4.69) is 22.2 Å². The van der Waals surface area contributed by atoms with Gasteiger partial charge in [0.25, 0.3) is 11.5 Å². The number of nitrogens with zero attached hydrogens (tertiary/aromatic N) is 1. The molecule has 1 aliphatic rings. The number of anilines is 2. The van der Waals surface area contributed by atoms with Gasteiger partial charge in [0.05, 0.1) is 5.56 Å². The van der Waals surface area contributed by atoms with Crippen LogP contribution in [0.3, 0.4) is 0 Å². The molecule has 11 heteroatoms. The van der Waals surface area contributed by atoms with E-state index in [9.17, 15) is 32.3 Å². The van der Waals surface area contributed by atoms with Crippen molar-refractivity contribution in [1.29, 1.82) is 0 Å². The first kappa shape index (κ1) is 31.3. The fourth-order valence-electron chi connectivity index (χ4n) is 4.99. The Hall–Kier alpha value is -4.67. The number of rotatable bonds is 9. The van der Waals surface area contributed by atoms with Crippen molar-refractivity contribution in [2.75, 3.05) is 16.8 Å². The molecule has 8 nitrogen and oxygen atoms in total. The molecular formula is C32H33F3N4O4. The molecule has 226 valence electrons. The number of benzene rings is 2. The Labute approximate surface area is 247 Å². The molecule has 3 aromatic rings. The van der Waals surface area contributed by atoms with Crippen molar-refractivity contribution >= 4 is 29.1 Å². The smallest absolute Gasteiger partial charge is 0.348 e. The summed E-state index contributed by atoms with van der Waals surface area (Å²) in [6, 6.07) is 7.84. The lowest BCUT2D eigenvalue weighted by Gasteiger charge is -2.26. The summed E-state index contributed by atoms with van der Waals surface area (Å²) < 4.78 is 40.7. The lowest BCUT2D eigenvalue weighted by Crippen LogP contribution is -2.33. The highest BCUT2D eigenvalue weighted by molar-refractivity contribution is 6.05. The molecule has 0 bridgehead atoms. The molecule has 0 saturated heterocycles. The highest BCUT2D eigenvalue weighted by atomic mass is 19.4. The molecule has 2 aromatic carbocycles. The number of hydrogen-bond donors (Lipinski definition) is 3. The van der Waals surface area contributed by atoms with Crippen molar-refractivity contribution in [1.82, 2.24) is 10.3 Å². The number of carbonyl (C=O) groups is 3. The second-order valence-electron chi connectivity index (χ2n) is 10.6. The molecule has 3 amide bonds. The Morgan fingerprint density at radius 3 is 2.37 bits per heavy atom. The molecule has 4 rings (SSSR count). The Morgan fingerprint density at radius 2 is 1.79 bits per heavy atom. The van der Waals surface area contributed by atoms with Gasteiger partial charge in [0, 0.05) is 52.8 Å². The van der Waals surface area contributed by atoms with Gasteiger partial charge in [-0.3, -0.25) is 19.2 Å². The van der Waals surface area contributed by atoms with Crippen LogP contribution in [-0.2, 0) is 22.3 Å². The number of aromatic nitrogens is 1. The third-order valence-electron chi connectivity index (χ3n) is 7.45. The van der Waals surface area contributed by atoms with E-state index < -0.39 is 23.6 Å². The summed E-state index contributed by atoms with van der Waals surface area (Å²) in [5, 5.41) is 5.21. The summed E-state index contributed by atoms with van der Waals surface area (Å²) in [7, 11) is 0. The molecule has 1 aliphatic carbocycles. The first-order valence-corrected chi connectivity index (χ1v) is 13.8. The number of carbonyl (C=O) groups excluding carboxylic acids is 3. The molecule has 0 unspecified atom stereocenters. The zero-order valence-corrected chi connectivity index (χ0v) is 24.4. The van der Waals surface area contributed by atoms with Crippen molar-refractivity contribution in [3.05, 3.63) is 92.9 Å². The SMILES string of the molecule is C=CC(=O)Nc1cc(C(F)(F)F)ccc1-c1cc(C(=O)NCc2c(C)cc(C)[nH]c2=O)c(C)c(N(CC)C(=O)C2CC2)c1. The standard InChI is InChI=1S/C32H33F3N4O4/c1-6-28(40)38-26-15-22(32(33,34)35)10-11-23(26)21-13-24(19(5)27(14-21)39(7-2)31(43)20-8-9-20)29(41)36-16-25-17(3)12-18(4)37-30(25)42/h6,10-15,20H,1,7-9,16H2,2-5H3,(H,36,41)(H,37,42)(H,38,40). The highest BCUT2D eigenvalue weighted by Gasteiger charge is 2.35. The average molecular weight is 595 g/mol. The number of aromatic amines is 1. The molecule has 1 heterocycles. The minimum atomic E-state index is -4.67. The van der Waals surface area contributed by atoms with E-state index in [0.29, 0.717) is 40.2 Å². The maximum Gasteiger partial charge on any atom is 0.416 e. The van der Waals surface area contributed by atoms with Gasteiger partial charge in [-0.15, -0.1) is 0 Å². The Kier molecular flexibility index (Phi) is 8.93. The largest absolute Gasteiger partial charge is 0.416 e. The highest BCUT2D eigenvalue weighted by Crippen LogP contribution is 2.40. The van der Waals surface area contributed by atoms with E-state index in [1.54, 1.807) is 44.7 Å². The maximum absolute atomic E-state index is 13.6. The van der Waals surface area contributed by atoms with Gasteiger partial charge in [0.2, 0.25) is 11.8 Å². The maximum atomic E-state index is 13.6. The molecule has 1 fully saturated rings. The van der Waals surface area contributed by atoms with Crippen LogP contribution >= 0.6 is 0 Å². The summed E-state index contributed by atoms with van der Waals surface area (Å²) in [5.74, 6) is -1.50. The fourth-order valence-corrected chi connectivity index (χ4v) is 4.99. The Morgan fingerprint density at radius 1 is 1.09 bits per heavy atom. The van der Waals surface area contributed by atoms with E-state index in [1.807, 2.05) is 0 Å². The van der Waals surface area contributed by atoms with Gasteiger partial charge in [0.1, 0.15) is 0 Å². The lowest BCUT2D eigenvalue weighted by atomic mass is 9.94. The van der Waals surface area contributed by atoms with Crippen LogP contribution in [0.4, 0.5) is 24.5 Å². The van der Waals surface area contributed by atoms with Crippen LogP contribution in [0.1, 0.15) is 58.1 Å². The Bertz CT molecular complexity index is 1670. The monoisotopic (exact) mass is 594 g/mol. The zero-order chi connectivity index (χ0) is 31.6. The molecule has 3 N–H and O–H groups in total. The van der Waals surface area contributed by atoms with E-state index in [-0.39, 0.29) is 40.7 Å². The van der Waals surface area contributed by atoms with E-state index >= 15 is 0 Å². The molecule has 0 radical (unpaired) electrons. The van der Waals surface area contributed by atoms with Crippen LogP contribution in [-0.4, -0.2) is 29.3 Å². The van der Waals surface area contributed by atoms with Crippen LogP contribution in [0.15, 0.2) is 53.8 Å². The molecule has 0 spiro atoms. The minimum absolute atomic E-state index is 0.0707. The van der Waals surface area contributed by atoms with Gasteiger partial charge in [-0.05, 0) is 93.6 Å². The number of hydrogen-bond acceptors (Lipinski definition) is 4. The molecule has 0 atom stereocenters. The predicted molar refractivity (Wildman–Crippen MR) is 159 cm³/mol. The molecular weight excluding hydrogens is 561 g/mol. The van der Waals surface area contributed by atoms with Crippen LogP contribution < -0.4 is 21.1 Å². The zero-order valence-electron chi connectivity index (χ0n) is 24.4. The molecule has 1 aromatic heterocycles. The summed E-state index contributed by atoms with van der Waals surface area (Å²) in [6.07, 6.45) is -2.23. The third-order valence-corrected chi connectivity index (χ3v) is 7.45. The number of aryl methyl sites for hydroxylation is 2. The minimum Gasteiger partial charge on any atom is -0.348 e. The van der Waals surface area contributed by atoms with E-state index in [0.717, 1.165) is 31.1 Å². The summed E-state index contributed by atoms with van der Waals surface area (Å²) in [5.41, 5.74) is 1.91. The van der Waals surface area contributed by atoms with Crippen molar-refractivity contribution < 1.29 is 27.6 Å². The van der Waals surface area contributed by atoms with E-state index in [4.69, 9.17) is 0 Å². The van der Waals surface area contributed by atoms with Crippen molar-refractivity contribution in [3.8, 4) is 11.1 Å². The number of amides is 3. The van der Waals surface area contributed by atoms with Gasteiger partial charge < -0.3 is 20.5 Å². The first-order valence-electron chi connectivity index (χ1n) is 13.8. The average Bonchev–Trinajstić information content (AvgIpc) is 3.79. The predicted octanol–water partition coefficient (Wildman–Crippen LogP) is 5.80. The summed E-state index contributed by atoms with van der Waals surface area (Å²) in [4.78, 5) is 55.8. The quantitative estimate of drug-likeness (QED) is 0.272. The van der Waals surface area contributed by atoms with Gasteiger partial charge >= 0.3 is 6.18 Å². The van der Waals surface area contributed by atoms with Crippen LogP contribution in [0.25, 0.3) is 11.1 Å². The van der Waals surface area contributed by atoms with Crippen molar-refractivity contribution in [3.63, 3.8) is 0 Å². The summed E-state index contributed by atoms with van der Waals surface area (Å²) in [6.45, 7) is 10.6. The van der Waals surface area contributed by atoms with Crippen LogP contribution in [0.2, 0.25) is 0 Å². The van der Waals surface area contributed by atoms with Crippen molar-refractivity contribution in [2.45, 2.75) is 53.3 Å². The first-order chi connectivity index (χ1) is 20.2. The molecule has 43 heavy (non-hydrogen) atoms. The van der Waals surface area contributed by atoms with Gasteiger partial charge in [-0.1, -0.05) is 12.6 Å². The topological polar surface area (TPSA) is 111 Å². The third kappa shape index (κ3) is 6.87. The number of H-pyrrole nitrogens is 1. The number of pyridine rings is 1. The molecule has 1 saturated carbocycles. The second kappa shape index (κ2) is 12.3. The van der Waals surface area contributed by atoms with Crippen molar-refractivity contribution in [2.24, 2.45) is 5.92 Å². The van der Waals surface area contributed by atoms with Gasteiger partial charge in [-0.2, -0.15) is 13.2 Å². The van der Waals surface area contributed by atoms with E-state index in [1.165, 1.54) is 12.1 Å². The Balaban J connectivity index is 1.86. The van der Waals surface area contributed by atoms with Gasteiger partial charge in [0.15, 0.2) is 0 Å². The van der Waals surface area contributed by atoms with Gasteiger partial charge in [-0.25, -0.2) is 0 Å². The lowest BCUT2D eigenvalue weighted by molar-refractivity contribution is -0.137. The normalized spacial score (nSPS) is 12.9. The number of alkyl halides is 3. The molecule has 0 aliphatic heterocycles. The van der Waals surface area contributed by atoms with Crippen LogP contribution in [0.5, 0.6) is 0 Å². The number of nitrogens with one attached hydrogen (secondary N) is 3. The number of halogens is 3. The fraction of sp³-hybridized carbons (Fsp3) is 0.312.